The highest BCUT2D eigenvalue weighted by atomic mass is 16.1. The molecule has 0 saturated carbocycles. The molecule has 2 heterocycles. The van der Waals surface area contributed by atoms with Crippen LogP contribution in [0.15, 0.2) is 36.5 Å². The molecule has 0 spiro atoms. The quantitative estimate of drug-likeness (QED) is 0.653. The summed E-state index contributed by atoms with van der Waals surface area (Å²) in [7, 11) is 0. The molecule has 0 aliphatic rings. The van der Waals surface area contributed by atoms with Crippen molar-refractivity contribution in [3.8, 4) is 0 Å². The van der Waals surface area contributed by atoms with Gasteiger partial charge in [0, 0.05) is 5.39 Å². The van der Waals surface area contributed by atoms with E-state index in [4.69, 9.17) is 5.73 Å². The molecule has 1 amide bonds. The SMILES string of the molecule is NC(=O)c1cc2ccccc2n2nncc12. The van der Waals surface area contributed by atoms with Crippen molar-refractivity contribution in [2.45, 2.75) is 0 Å². The fourth-order valence-corrected chi connectivity index (χ4v) is 1.83. The highest BCUT2D eigenvalue weighted by Gasteiger charge is 2.11. The predicted molar refractivity (Wildman–Crippen MR) is 59.0 cm³/mol. The second-order valence-corrected chi connectivity index (χ2v) is 3.51. The minimum atomic E-state index is -0.474. The monoisotopic (exact) mass is 212 g/mol. The van der Waals surface area contributed by atoms with E-state index in [1.165, 1.54) is 6.20 Å². The Morgan fingerprint density at radius 1 is 1.25 bits per heavy atom. The maximum Gasteiger partial charge on any atom is 0.250 e. The molecule has 3 rings (SSSR count). The van der Waals surface area contributed by atoms with Crippen LogP contribution in [0.1, 0.15) is 10.4 Å². The van der Waals surface area contributed by atoms with Crippen molar-refractivity contribution in [3.05, 3.63) is 42.1 Å². The minimum absolute atomic E-state index is 0.434. The number of fused-ring (bicyclic) bond motifs is 3. The third kappa shape index (κ3) is 1.08. The van der Waals surface area contributed by atoms with Gasteiger partial charge in [0.15, 0.2) is 0 Å². The van der Waals surface area contributed by atoms with Crippen LogP contribution in [0.5, 0.6) is 0 Å². The third-order valence-corrected chi connectivity index (χ3v) is 2.56. The van der Waals surface area contributed by atoms with Gasteiger partial charge in [-0.3, -0.25) is 4.79 Å². The Morgan fingerprint density at radius 2 is 2.06 bits per heavy atom. The van der Waals surface area contributed by atoms with E-state index in [-0.39, 0.29) is 0 Å². The molecule has 1 aromatic carbocycles. The second-order valence-electron chi connectivity index (χ2n) is 3.51. The largest absolute Gasteiger partial charge is 0.366 e. The topological polar surface area (TPSA) is 73.3 Å². The van der Waals surface area contributed by atoms with Gasteiger partial charge in [0.2, 0.25) is 0 Å². The molecular weight excluding hydrogens is 204 g/mol. The van der Waals surface area contributed by atoms with Crippen molar-refractivity contribution in [2.75, 3.05) is 0 Å². The van der Waals surface area contributed by atoms with Gasteiger partial charge >= 0.3 is 0 Å². The van der Waals surface area contributed by atoms with Gasteiger partial charge < -0.3 is 5.73 Å². The van der Waals surface area contributed by atoms with E-state index < -0.39 is 5.91 Å². The molecule has 0 bridgehead atoms. The molecule has 0 saturated heterocycles. The van der Waals surface area contributed by atoms with E-state index in [1.54, 1.807) is 10.6 Å². The summed E-state index contributed by atoms with van der Waals surface area (Å²) in [6, 6.07) is 9.39. The number of aromatic nitrogens is 3. The Morgan fingerprint density at radius 3 is 2.88 bits per heavy atom. The lowest BCUT2D eigenvalue weighted by Crippen LogP contribution is -2.12. The molecule has 0 atom stereocenters. The Kier molecular flexibility index (Phi) is 1.67. The molecule has 5 heteroatoms. The van der Waals surface area contributed by atoms with Gasteiger partial charge in [-0.05, 0) is 12.1 Å². The Balaban J connectivity index is 2.58. The van der Waals surface area contributed by atoms with E-state index >= 15 is 0 Å². The number of carbonyl (C=O) groups is 1. The van der Waals surface area contributed by atoms with Gasteiger partial charge in [-0.1, -0.05) is 23.4 Å². The Labute approximate surface area is 90.5 Å². The average Bonchev–Trinajstić information content (AvgIpc) is 2.76. The first-order valence-corrected chi connectivity index (χ1v) is 4.79. The zero-order valence-electron chi connectivity index (χ0n) is 8.29. The Hall–Kier alpha value is -2.43. The number of hydrogen-bond donors (Lipinski definition) is 1. The van der Waals surface area contributed by atoms with Crippen molar-refractivity contribution in [1.29, 1.82) is 0 Å². The molecule has 5 nitrogen and oxygen atoms in total. The first-order chi connectivity index (χ1) is 7.77. The summed E-state index contributed by atoms with van der Waals surface area (Å²) in [6.45, 7) is 0. The van der Waals surface area contributed by atoms with Gasteiger partial charge in [-0.25, -0.2) is 4.52 Å². The number of amides is 1. The van der Waals surface area contributed by atoms with Crippen molar-refractivity contribution in [1.82, 2.24) is 14.8 Å². The summed E-state index contributed by atoms with van der Waals surface area (Å²) in [5, 5.41) is 8.66. The van der Waals surface area contributed by atoms with Gasteiger partial charge in [0.1, 0.15) is 0 Å². The van der Waals surface area contributed by atoms with E-state index in [9.17, 15) is 4.79 Å². The van der Waals surface area contributed by atoms with Crippen molar-refractivity contribution < 1.29 is 4.79 Å². The summed E-state index contributed by atoms with van der Waals surface area (Å²) in [6.07, 6.45) is 1.53. The first kappa shape index (κ1) is 8.84. The maximum absolute atomic E-state index is 11.3. The normalized spacial score (nSPS) is 11.0. The van der Waals surface area contributed by atoms with E-state index in [2.05, 4.69) is 10.3 Å². The van der Waals surface area contributed by atoms with Crippen molar-refractivity contribution in [3.63, 3.8) is 0 Å². The lowest BCUT2D eigenvalue weighted by Gasteiger charge is -2.03. The second kappa shape index (κ2) is 3.03. The molecule has 0 unspecified atom stereocenters. The molecule has 3 aromatic rings. The highest BCUT2D eigenvalue weighted by Crippen LogP contribution is 2.19. The summed E-state index contributed by atoms with van der Waals surface area (Å²) < 4.78 is 1.62. The van der Waals surface area contributed by atoms with Crippen LogP contribution in [-0.2, 0) is 0 Å². The summed E-state index contributed by atoms with van der Waals surface area (Å²) in [5.74, 6) is -0.474. The zero-order chi connectivity index (χ0) is 11.1. The zero-order valence-corrected chi connectivity index (χ0v) is 8.29. The smallest absolute Gasteiger partial charge is 0.250 e. The number of rotatable bonds is 1. The number of para-hydroxylation sites is 1. The molecule has 0 aliphatic carbocycles. The van der Waals surface area contributed by atoms with Crippen LogP contribution in [0.4, 0.5) is 0 Å². The van der Waals surface area contributed by atoms with Crippen LogP contribution in [0.3, 0.4) is 0 Å². The lowest BCUT2D eigenvalue weighted by atomic mass is 10.1. The molecule has 0 fully saturated rings. The van der Waals surface area contributed by atoms with Crippen LogP contribution >= 0.6 is 0 Å². The molecule has 0 radical (unpaired) electrons. The van der Waals surface area contributed by atoms with Crippen LogP contribution < -0.4 is 5.73 Å². The number of pyridine rings is 1. The molecule has 2 N–H and O–H groups in total. The van der Waals surface area contributed by atoms with E-state index in [1.807, 2.05) is 24.3 Å². The maximum atomic E-state index is 11.3. The lowest BCUT2D eigenvalue weighted by molar-refractivity contribution is 0.100. The van der Waals surface area contributed by atoms with Gasteiger partial charge in [-0.2, -0.15) is 0 Å². The highest BCUT2D eigenvalue weighted by molar-refractivity contribution is 6.03. The third-order valence-electron chi connectivity index (χ3n) is 2.56. The summed E-state index contributed by atoms with van der Waals surface area (Å²) >= 11 is 0. The summed E-state index contributed by atoms with van der Waals surface area (Å²) in [5.41, 5.74) is 7.29. The van der Waals surface area contributed by atoms with Gasteiger partial charge in [0.05, 0.1) is 22.8 Å². The van der Waals surface area contributed by atoms with Crippen LogP contribution in [0.2, 0.25) is 0 Å². The molecule has 0 aliphatic heterocycles. The van der Waals surface area contributed by atoms with Crippen LogP contribution in [-0.4, -0.2) is 20.7 Å². The van der Waals surface area contributed by atoms with Gasteiger partial charge in [-0.15, -0.1) is 5.10 Å². The predicted octanol–water partition coefficient (Wildman–Crippen LogP) is 0.981. The van der Waals surface area contributed by atoms with Crippen molar-refractivity contribution in [2.24, 2.45) is 5.73 Å². The van der Waals surface area contributed by atoms with Gasteiger partial charge in [0.25, 0.3) is 5.91 Å². The molecule has 2 aromatic heterocycles. The summed E-state index contributed by atoms with van der Waals surface area (Å²) in [4.78, 5) is 11.3. The number of nitrogens with zero attached hydrogens (tertiary/aromatic N) is 3. The van der Waals surface area contributed by atoms with E-state index in [0.29, 0.717) is 11.1 Å². The number of primary amides is 1. The number of nitrogens with two attached hydrogens (primary N) is 1. The molecular formula is C11H8N4O. The fraction of sp³-hybridized carbons (Fsp3) is 0. The number of hydrogen-bond acceptors (Lipinski definition) is 3. The average molecular weight is 212 g/mol. The first-order valence-electron chi connectivity index (χ1n) is 4.79. The molecule has 16 heavy (non-hydrogen) atoms. The standard InChI is InChI=1S/C11H8N4O/c12-11(16)8-5-7-3-1-2-4-9(7)15-10(8)6-13-14-15/h1-6H,(H2,12,16). The fourth-order valence-electron chi connectivity index (χ4n) is 1.83. The Bertz CT molecular complexity index is 701. The van der Waals surface area contributed by atoms with Crippen molar-refractivity contribution >= 4 is 22.3 Å². The molecule has 78 valence electrons. The minimum Gasteiger partial charge on any atom is -0.366 e. The van der Waals surface area contributed by atoms with Crippen LogP contribution in [0.25, 0.3) is 16.4 Å². The number of carbonyl (C=O) groups excluding carboxylic acids is 1. The van der Waals surface area contributed by atoms with Crippen LogP contribution in [0, 0.1) is 0 Å². The number of benzene rings is 1. The van der Waals surface area contributed by atoms with E-state index in [0.717, 1.165) is 10.9 Å².